The van der Waals surface area contributed by atoms with Gasteiger partial charge in [-0.05, 0) is 24.6 Å². The van der Waals surface area contributed by atoms with Gasteiger partial charge in [0, 0.05) is 5.02 Å². The number of thiazole rings is 1. The van der Waals surface area contributed by atoms with Gasteiger partial charge in [0.05, 0.1) is 10.2 Å². The van der Waals surface area contributed by atoms with Crippen LogP contribution < -0.4 is 0 Å². The van der Waals surface area contributed by atoms with E-state index in [0.717, 1.165) is 21.1 Å². The number of aromatic nitrogens is 3. The molecule has 3 aromatic rings. The SMILES string of the molecule is Cc1c(Cl)ccc2sc3nncn3c12. The number of hydrogen-bond acceptors (Lipinski definition) is 3. The summed E-state index contributed by atoms with van der Waals surface area (Å²) < 4.78 is 3.16. The summed E-state index contributed by atoms with van der Waals surface area (Å²) in [6.45, 7) is 2.01. The lowest BCUT2D eigenvalue weighted by atomic mass is 10.2. The largest absolute Gasteiger partial charge is 0.272 e. The fourth-order valence-electron chi connectivity index (χ4n) is 1.58. The first-order valence-electron chi connectivity index (χ1n) is 4.15. The molecule has 0 aliphatic rings. The summed E-state index contributed by atoms with van der Waals surface area (Å²) in [6, 6.07) is 3.94. The number of hydrogen-bond donors (Lipinski definition) is 0. The molecule has 0 amide bonds. The molecule has 2 heterocycles. The maximum Gasteiger partial charge on any atom is 0.217 e. The number of nitrogens with zero attached hydrogens (tertiary/aromatic N) is 3. The Labute approximate surface area is 88.9 Å². The molecule has 3 nitrogen and oxygen atoms in total. The third-order valence-corrected chi connectivity index (χ3v) is 3.71. The second-order valence-corrected chi connectivity index (χ2v) is 4.52. The van der Waals surface area contributed by atoms with Gasteiger partial charge in [0.1, 0.15) is 6.33 Å². The van der Waals surface area contributed by atoms with Crippen molar-refractivity contribution < 1.29 is 0 Å². The lowest BCUT2D eigenvalue weighted by Crippen LogP contribution is -1.82. The number of fused-ring (bicyclic) bond motifs is 3. The fraction of sp³-hybridized carbons (Fsp3) is 0.111. The summed E-state index contributed by atoms with van der Waals surface area (Å²) >= 11 is 7.68. The lowest BCUT2D eigenvalue weighted by molar-refractivity contribution is 1.11. The van der Waals surface area contributed by atoms with Crippen LogP contribution in [-0.2, 0) is 0 Å². The minimum Gasteiger partial charge on any atom is -0.272 e. The summed E-state index contributed by atoms with van der Waals surface area (Å²) in [5.74, 6) is 0. The van der Waals surface area contributed by atoms with Crippen molar-refractivity contribution in [3.8, 4) is 0 Å². The molecular formula is C9H6ClN3S. The summed E-state index contributed by atoms with van der Waals surface area (Å²) in [4.78, 5) is 0.908. The van der Waals surface area contributed by atoms with E-state index in [2.05, 4.69) is 10.2 Å². The van der Waals surface area contributed by atoms with Gasteiger partial charge in [-0.1, -0.05) is 22.9 Å². The van der Waals surface area contributed by atoms with Gasteiger partial charge >= 0.3 is 0 Å². The predicted octanol–water partition coefficient (Wildman–Crippen LogP) is 2.91. The van der Waals surface area contributed by atoms with Gasteiger partial charge in [-0.15, -0.1) is 10.2 Å². The monoisotopic (exact) mass is 223 g/mol. The molecule has 5 heteroatoms. The predicted molar refractivity (Wildman–Crippen MR) is 58.1 cm³/mol. The number of halogens is 1. The second-order valence-electron chi connectivity index (χ2n) is 3.10. The van der Waals surface area contributed by atoms with E-state index in [0.29, 0.717) is 0 Å². The quantitative estimate of drug-likeness (QED) is 0.587. The van der Waals surface area contributed by atoms with Gasteiger partial charge in [0.25, 0.3) is 0 Å². The van der Waals surface area contributed by atoms with E-state index in [1.807, 2.05) is 23.5 Å². The molecule has 2 aromatic heterocycles. The Hall–Kier alpha value is -1.13. The highest BCUT2D eigenvalue weighted by atomic mass is 35.5. The molecule has 0 aliphatic carbocycles. The van der Waals surface area contributed by atoms with Crippen molar-refractivity contribution in [2.24, 2.45) is 0 Å². The van der Waals surface area contributed by atoms with Crippen molar-refractivity contribution in [1.29, 1.82) is 0 Å². The highest BCUT2D eigenvalue weighted by Crippen LogP contribution is 2.31. The van der Waals surface area contributed by atoms with Crippen LogP contribution in [0, 0.1) is 6.92 Å². The van der Waals surface area contributed by atoms with Crippen molar-refractivity contribution in [3.05, 3.63) is 29.0 Å². The zero-order chi connectivity index (χ0) is 9.71. The topological polar surface area (TPSA) is 30.2 Å². The van der Waals surface area contributed by atoms with Crippen LogP contribution in [-0.4, -0.2) is 14.6 Å². The minimum atomic E-state index is 0.783. The lowest BCUT2D eigenvalue weighted by Gasteiger charge is -1.98. The first-order chi connectivity index (χ1) is 6.77. The Bertz CT molecular complexity index is 625. The average molecular weight is 224 g/mol. The maximum atomic E-state index is 6.06. The first-order valence-corrected chi connectivity index (χ1v) is 5.34. The zero-order valence-corrected chi connectivity index (χ0v) is 8.93. The normalized spacial score (nSPS) is 11.6. The zero-order valence-electron chi connectivity index (χ0n) is 7.36. The molecule has 0 bridgehead atoms. The molecule has 0 radical (unpaired) electrons. The van der Waals surface area contributed by atoms with Gasteiger partial charge in [-0.2, -0.15) is 0 Å². The van der Waals surface area contributed by atoms with E-state index in [-0.39, 0.29) is 0 Å². The molecule has 3 rings (SSSR count). The van der Waals surface area contributed by atoms with Crippen LogP contribution >= 0.6 is 22.9 Å². The Morgan fingerprint density at radius 1 is 1.43 bits per heavy atom. The van der Waals surface area contributed by atoms with Crippen molar-refractivity contribution in [1.82, 2.24) is 14.6 Å². The molecular weight excluding hydrogens is 218 g/mol. The van der Waals surface area contributed by atoms with E-state index in [1.54, 1.807) is 17.7 Å². The Morgan fingerprint density at radius 2 is 2.29 bits per heavy atom. The van der Waals surface area contributed by atoms with Crippen LogP contribution in [0.5, 0.6) is 0 Å². The number of rotatable bonds is 0. The van der Waals surface area contributed by atoms with Crippen LogP contribution in [0.25, 0.3) is 15.2 Å². The molecule has 0 fully saturated rings. The molecule has 14 heavy (non-hydrogen) atoms. The Balaban J connectivity index is 2.65. The highest BCUT2D eigenvalue weighted by Gasteiger charge is 2.09. The molecule has 0 spiro atoms. The summed E-state index contributed by atoms with van der Waals surface area (Å²) in [6.07, 6.45) is 1.72. The van der Waals surface area contributed by atoms with E-state index in [9.17, 15) is 0 Å². The highest BCUT2D eigenvalue weighted by molar-refractivity contribution is 7.23. The maximum absolute atomic E-state index is 6.06. The van der Waals surface area contributed by atoms with Crippen molar-refractivity contribution in [2.45, 2.75) is 6.92 Å². The summed E-state index contributed by atoms with van der Waals surface area (Å²) in [5, 5.41) is 8.66. The third kappa shape index (κ3) is 0.923. The number of benzene rings is 1. The summed E-state index contributed by atoms with van der Waals surface area (Å²) in [7, 11) is 0. The first kappa shape index (κ1) is 8.20. The van der Waals surface area contributed by atoms with E-state index in [4.69, 9.17) is 11.6 Å². The van der Waals surface area contributed by atoms with Gasteiger partial charge < -0.3 is 0 Å². The van der Waals surface area contributed by atoms with Gasteiger partial charge in [-0.25, -0.2) is 0 Å². The fourth-order valence-corrected chi connectivity index (χ4v) is 2.74. The molecule has 70 valence electrons. The van der Waals surface area contributed by atoms with Gasteiger partial charge in [0.15, 0.2) is 0 Å². The number of aryl methyl sites for hydroxylation is 1. The molecule has 0 unspecified atom stereocenters. The average Bonchev–Trinajstić information content (AvgIpc) is 2.70. The second kappa shape index (κ2) is 2.68. The smallest absolute Gasteiger partial charge is 0.217 e. The molecule has 0 N–H and O–H groups in total. The van der Waals surface area contributed by atoms with E-state index < -0.39 is 0 Å². The van der Waals surface area contributed by atoms with Crippen LogP contribution in [0.3, 0.4) is 0 Å². The Kier molecular flexibility index (Phi) is 1.57. The standard InChI is InChI=1S/C9H6ClN3S/c1-5-6(10)2-3-7-8(5)13-4-11-12-9(13)14-7/h2-4H,1H3. The van der Waals surface area contributed by atoms with E-state index in [1.165, 1.54) is 4.70 Å². The van der Waals surface area contributed by atoms with Crippen LogP contribution in [0.2, 0.25) is 5.02 Å². The van der Waals surface area contributed by atoms with Crippen molar-refractivity contribution >= 4 is 38.1 Å². The summed E-state index contributed by atoms with van der Waals surface area (Å²) in [5.41, 5.74) is 2.19. The molecule has 0 saturated heterocycles. The molecule has 0 aliphatic heterocycles. The molecule has 1 aromatic carbocycles. The van der Waals surface area contributed by atoms with Gasteiger partial charge in [-0.3, -0.25) is 4.40 Å². The third-order valence-electron chi connectivity index (χ3n) is 2.29. The van der Waals surface area contributed by atoms with Crippen molar-refractivity contribution in [2.75, 3.05) is 0 Å². The van der Waals surface area contributed by atoms with Gasteiger partial charge in [0.2, 0.25) is 4.96 Å². The minimum absolute atomic E-state index is 0.783. The Morgan fingerprint density at radius 3 is 3.14 bits per heavy atom. The van der Waals surface area contributed by atoms with Crippen molar-refractivity contribution in [3.63, 3.8) is 0 Å². The molecule has 0 atom stereocenters. The van der Waals surface area contributed by atoms with Crippen LogP contribution in [0.1, 0.15) is 5.56 Å². The van der Waals surface area contributed by atoms with E-state index >= 15 is 0 Å². The molecule has 0 saturated carbocycles. The van der Waals surface area contributed by atoms with Crippen LogP contribution in [0.4, 0.5) is 0 Å². The van der Waals surface area contributed by atoms with Crippen LogP contribution in [0.15, 0.2) is 18.5 Å².